The molecule has 0 saturated carbocycles. The van der Waals surface area contributed by atoms with Crippen molar-refractivity contribution < 1.29 is 0 Å². The quantitative estimate of drug-likeness (QED) is 0.635. The van der Waals surface area contributed by atoms with Crippen LogP contribution >= 0.6 is 11.3 Å². The number of aromatic nitrogens is 1. The Morgan fingerprint density at radius 1 is 1.36 bits per heavy atom. The van der Waals surface area contributed by atoms with Crippen LogP contribution in [0.4, 0.5) is 0 Å². The van der Waals surface area contributed by atoms with Gasteiger partial charge in [0.05, 0.1) is 15.2 Å². The summed E-state index contributed by atoms with van der Waals surface area (Å²) >= 11 is 1.78. The number of fused-ring (bicyclic) bond motifs is 3. The van der Waals surface area contributed by atoms with E-state index < -0.39 is 0 Å². The summed E-state index contributed by atoms with van der Waals surface area (Å²) in [4.78, 5) is 4.59. The van der Waals surface area contributed by atoms with Gasteiger partial charge in [0.1, 0.15) is 0 Å². The van der Waals surface area contributed by atoms with Crippen LogP contribution in [-0.2, 0) is 6.42 Å². The van der Waals surface area contributed by atoms with Crippen molar-refractivity contribution in [2.45, 2.75) is 19.8 Å². The molecule has 2 heteroatoms. The molecule has 0 N–H and O–H groups in total. The predicted octanol–water partition coefficient (Wildman–Crippen LogP) is 3.56. The van der Waals surface area contributed by atoms with E-state index in [1.165, 1.54) is 34.2 Å². The highest BCUT2D eigenvalue weighted by molar-refractivity contribution is 7.18. The highest BCUT2D eigenvalue weighted by atomic mass is 32.1. The monoisotopic (exact) mass is 201 g/mol. The summed E-state index contributed by atoms with van der Waals surface area (Å²) in [5.41, 5.74) is 3.99. The first-order valence-electron chi connectivity index (χ1n) is 4.90. The number of hydrogen-bond donors (Lipinski definition) is 0. The first kappa shape index (κ1) is 8.18. The fourth-order valence-corrected chi connectivity index (χ4v) is 2.85. The van der Waals surface area contributed by atoms with Crippen molar-refractivity contribution in [2.24, 2.45) is 0 Å². The van der Waals surface area contributed by atoms with Crippen LogP contribution in [0.5, 0.6) is 0 Å². The molecule has 3 rings (SSSR count). The number of nitrogens with zero attached hydrogens (tertiary/aromatic N) is 1. The van der Waals surface area contributed by atoms with Crippen molar-refractivity contribution in [1.82, 2.24) is 4.98 Å². The largest absolute Gasteiger partial charge is 0.241 e. The maximum absolute atomic E-state index is 4.59. The molecular formula is C12H11NS. The highest BCUT2D eigenvalue weighted by Gasteiger charge is 2.10. The van der Waals surface area contributed by atoms with Crippen molar-refractivity contribution in [2.75, 3.05) is 0 Å². The van der Waals surface area contributed by atoms with Gasteiger partial charge in [-0.1, -0.05) is 18.2 Å². The Morgan fingerprint density at radius 2 is 2.29 bits per heavy atom. The molecule has 0 saturated heterocycles. The molecule has 0 amide bonds. The molecule has 1 aromatic carbocycles. The number of benzene rings is 1. The van der Waals surface area contributed by atoms with E-state index >= 15 is 0 Å². The Kier molecular flexibility index (Phi) is 1.71. The van der Waals surface area contributed by atoms with Crippen LogP contribution < -0.4 is 0 Å². The average molecular weight is 201 g/mol. The molecule has 70 valence electrons. The molecule has 1 aromatic heterocycles. The zero-order valence-electron chi connectivity index (χ0n) is 8.08. The van der Waals surface area contributed by atoms with Gasteiger partial charge >= 0.3 is 0 Å². The number of aryl methyl sites for hydroxylation is 2. The Bertz CT molecular complexity index is 522. The van der Waals surface area contributed by atoms with Crippen molar-refractivity contribution in [3.63, 3.8) is 0 Å². The van der Waals surface area contributed by atoms with Crippen LogP contribution in [0.15, 0.2) is 18.2 Å². The minimum atomic E-state index is 1.16. The van der Waals surface area contributed by atoms with Crippen LogP contribution in [-0.4, -0.2) is 4.98 Å². The molecule has 0 atom stereocenters. The molecule has 2 aromatic rings. The van der Waals surface area contributed by atoms with E-state index in [1.807, 2.05) is 0 Å². The predicted molar refractivity (Wildman–Crippen MR) is 61.7 cm³/mol. The van der Waals surface area contributed by atoms with Crippen molar-refractivity contribution in [3.8, 4) is 0 Å². The molecule has 1 aliphatic rings. The Hall–Kier alpha value is -1.15. The molecule has 1 nitrogen and oxygen atoms in total. The molecule has 0 radical (unpaired) electrons. The van der Waals surface area contributed by atoms with E-state index in [0.29, 0.717) is 0 Å². The van der Waals surface area contributed by atoms with Gasteiger partial charge < -0.3 is 0 Å². The lowest BCUT2D eigenvalue weighted by Crippen LogP contribution is -1.94. The summed E-state index contributed by atoms with van der Waals surface area (Å²) in [6, 6.07) is 4.46. The summed E-state index contributed by atoms with van der Waals surface area (Å²) in [7, 11) is 0. The molecule has 0 spiro atoms. The van der Waals surface area contributed by atoms with Crippen LogP contribution in [0.25, 0.3) is 16.3 Å². The van der Waals surface area contributed by atoms with Gasteiger partial charge in [0.15, 0.2) is 0 Å². The maximum atomic E-state index is 4.59. The van der Waals surface area contributed by atoms with E-state index in [2.05, 4.69) is 36.2 Å². The van der Waals surface area contributed by atoms with E-state index in [0.717, 1.165) is 5.01 Å². The Labute approximate surface area is 87.1 Å². The molecule has 0 unspecified atom stereocenters. The van der Waals surface area contributed by atoms with E-state index in [1.54, 1.807) is 11.3 Å². The van der Waals surface area contributed by atoms with Crippen LogP contribution in [0.2, 0.25) is 0 Å². The SMILES string of the molecule is Cc1nc2c3c(ccc2s1)CCC=C3. The van der Waals surface area contributed by atoms with Gasteiger partial charge in [0, 0.05) is 5.56 Å². The molecule has 0 fully saturated rings. The highest BCUT2D eigenvalue weighted by Crippen LogP contribution is 2.30. The molecule has 0 aliphatic heterocycles. The fourth-order valence-electron chi connectivity index (χ4n) is 2.01. The third kappa shape index (κ3) is 1.11. The molecule has 1 heterocycles. The van der Waals surface area contributed by atoms with Gasteiger partial charge in [-0.15, -0.1) is 11.3 Å². The normalized spacial score (nSPS) is 14.6. The second-order valence-electron chi connectivity index (χ2n) is 3.66. The summed E-state index contributed by atoms with van der Waals surface area (Å²) in [5, 5.41) is 1.16. The molecule has 1 aliphatic carbocycles. The van der Waals surface area contributed by atoms with Gasteiger partial charge in [-0.3, -0.25) is 0 Å². The Balaban J connectivity index is 2.41. The summed E-state index contributed by atoms with van der Waals surface area (Å²) in [6.45, 7) is 2.07. The van der Waals surface area contributed by atoms with Crippen LogP contribution in [0, 0.1) is 6.92 Å². The second kappa shape index (κ2) is 2.92. The first-order chi connectivity index (χ1) is 6.84. The second-order valence-corrected chi connectivity index (χ2v) is 4.89. The minimum absolute atomic E-state index is 1.16. The fraction of sp³-hybridized carbons (Fsp3) is 0.250. The summed E-state index contributed by atoms with van der Waals surface area (Å²) in [5.74, 6) is 0. The lowest BCUT2D eigenvalue weighted by molar-refractivity contribution is 0.988. The van der Waals surface area contributed by atoms with Crippen molar-refractivity contribution in [3.05, 3.63) is 34.3 Å². The van der Waals surface area contributed by atoms with E-state index in [9.17, 15) is 0 Å². The number of hydrogen-bond acceptors (Lipinski definition) is 2. The molecular weight excluding hydrogens is 190 g/mol. The maximum Gasteiger partial charge on any atom is 0.0908 e. The third-order valence-corrected chi connectivity index (χ3v) is 3.60. The minimum Gasteiger partial charge on any atom is -0.241 e. The standard InChI is InChI=1S/C12H11NS/c1-8-13-12-10-5-3-2-4-9(10)6-7-11(12)14-8/h3,5-7H,2,4H2,1H3. The van der Waals surface area contributed by atoms with Gasteiger partial charge in [0.25, 0.3) is 0 Å². The van der Waals surface area contributed by atoms with Crippen molar-refractivity contribution in [1.29, 1.82) is 0 Å². The first-order valence-corrected chi connectivity index (χ1v) is 5.72. The molecule has 14 heavy (non-hydrogen) atoms. The van der Waals surface area contributed by atoms with Gasteiger partial charge in [0.2, 0.25) is 0 Å². The topological polar surface area (TPSA) is 12.9 Å². The van der Waals surface area contributed by atoms with Gasteiger partial charge in [-0.25, -0.2) is 4.98 Å². The smallest absolute Gasteiger partial charge is 0.0908 e. The Morgan fingerprint density at radius 3 is 3.21 bits per heavy atom. The third-order valence-electron chi connectivity index (χ3n) is 2.66. The zero-order valence-corrected chi connectivity index (χ0v) is 8.90. The average Bonchev–Trinajstić information content (AvgIpc) is 2.59. The van der Waals surface area contributed by atoms with Gasteiger partial charge in [-0.05, 0) is 31.4 Å². The zero-order chi connectivity index (χ0) is 9.54. The molecule has 0 bridgehead atoms. The summed E-state index contributed by atoms with van der Waals surface area (Å²) < 4.78 is 1.31. The van der Waals surface area contributed by atoms with E-state index in [-0.39, 0.29) is 0 Å². The van der Waals surface area contributed by atoms with E-state index in [4.69, 9.17) is 0 Å². The number of rotatable bonds is 0. The van der Waals surface area contributed by atoms with Crippen LogP contribution in [0.1, 0.15) is 22.6 Å². The van der Waals surface area contributed by atoms with Gasteiger partial charge in [-0.2, -0.15) is 0 Å². The lowest BCUT2D eigenvalue weighted by Gasteiger charge is -2.09. The number of allylic oxidation sites excluding steroid dienone is 1. The van der Waals surface area contributed by atoms with Crippen molar-refractivity contribution >= 4 is 27.6 Å². The van der Waals surface area contributed by atoms with Crippen LogP contribution in [0.3, 0.4) is 0 Å². The lowest BCUT2D eigenvalue weighted by atomic mass is 9.97. The summed E-state index contributed by atoms with van der Waals surface area (Å²) in [6.07, 6.45) is 6.80. The number of thiazole rings is 1.